The van der Waals surface area contributed by atoms with Gasteiger partial charge in [-0.05, 0) is 37.0 Å². The molecule has 0 spiro atoms. The molecule has 1 aliphatic rings. The molecule has 20 heavy (non-hydrogen) atoms. The number of carbonyl (C=O) groups is 1. The molecule has 0 aliphatic heterocycles. The van der Waals surface area contributed by atoms with Crippen molar-refractivity contribution in [1.82, 2.24) is 0 Å². The molecule has 0 radical (unpaired) electrons. The molecular formula is C16H20FNO2. The summed E-state index contributed by atoms with van der Waals surface area (Å²) >= 11 is 0. The Balaban J connectivity index is 2.37. The fraction of sp³-hybridized carbons (Fsp3) is 0.438. The van der Waals surface area contributed by atoms with Crippen molar-refractivity contribution in [2.24, 2.45) is 5.92 Å². The lowest BCUT2D eigenvalue weighted by Gasteiger charge is -2.28. The van der Waals surface area contributed by atoms with E-state index in [0.717, 1.165) is 31.1 Å². The van der Waals surface area contributed by atoms with E-state index >= 15 is 0 Å². The maximum absolute atomic E-state index is 14.0. The van der Waals surface area contributed by atoms with E-state index in [0.29, 0.717) is 17.5 Å². The van der Waals surface area contributed by atoms with Crippen molar-refractivity contribution in [3.8, 4) is 0 Å². The molecule has 1 N–H and O–H groups in total. The molecule has 0 aromatic heterocycles. The van der Waals surface area contributed by atoms with Gasteiger partial charge in [-0.3, -0.25) is 0 Å². The lowest BCUT2D eigenvalue weighted by molar-refractivity contribution is -0.131. The Hall–Kier alpha value is -1.84. The van der Waals surface area contributed by atoms with Crippen LogP contribution in [0.2, 0.25) is 0 Å². The molecular weight excluding hydrogens is 257 g/mol. The molecule has 0 amide bonds. The summed E-state index contributed by atoms with van der Waals surface area (Å²) in [5, 5.41) is 8.74. The molecule has 0 bridgehead atoms. The molecule has 1 fully saturated rings. The summed E-state index contributed by atoms with van der Waals surface area (Å²) in [6, 6.07) is 5.37. The first-order valence-electron chi connectivity index (χ1n) is 6.95. The zero-order valence-corrected chi connectivity index (χ0v) is 11.8. The van der Waals surface area contributed by atoms with Crippen LogP contribution < -0.4 is 4.90 Å². The molecule has 1 aromatic rings. The second-order valence-electron chi connectivity index (χ2n) is 5.62. The summed E-state index contributed by atoms with van der Waals surface area (Å²) in [7, 11) is 0. The van der Waals surface area contributed by atoms with Crippen molar-refractivity contribution in [2.75, 3.05) is 11.4 Å². The molecule has 0 unspecified atom stereocenters. The van der Waals surface area contributed by atoms with Crippen LogP contribution in [0, 0.1) is 11.7 Å². The minimum atomic E-state index is -1.07. The average Bonchev–Trinajstić information content (AvgIpc) is 3.18. The molecule has 4 heteroatoms. The Labute approximate surface area is 118 Å². The van der Waals surface area contributed by atoms with Crippen molar-refractivity contribution in [3.05, 3.63) is 35.7 Å². The predicted octanol–water partition coefficient (Wildman–Crippen LogP) is 3.55. The molecule has 2 rings (SSSR count). The summed E-state index contributed by atoms with van der Waals surface area (Å²) in [5.74, 6) is -0.981. The van der Waals surface area contributed by atoms with Gasteiger partial charge in [-0.25, -0.2) is 9.18 Å². The fourth-order valence-corrected chi connectivity index (χ4v) is 2.32. The largest absolute Gasteiger partial charge is 0.478 e. The van der Waals surface area contributed by atoms with Crippen molar-refractivity contribution in [2.45, 2.75) is 32.7 Å². The Morgan fingerprint density at radius 1 is 1.50 bits per heavy atom. The highest BCUT2D eigenvalue weighted by Crippen LogP contribution is 2.35. The molecule has 1 aliphatic carbocycles. The van der Waals surface area contributed by atoms with E-state index in [2.05, 4.69) is 18.7 Å². The monoisotopic (exact) mass is 277 g/mol. The predicted molar refractivity (Wildman–Crippen MR) is 78.3 cm³/mol. The van der Waals surface area contributed by atoms with Crippen LogP contribution in [0.3, 0.4) is 0 Å². The minimum absolute atomic E-state index is 0.363. The summed E-state index contributed by atoms with van der Waals surface area (Å²) in [6.07, 6.45) is 4.57. The van der Waals surface area contributed by atoms with Crippen LogP contribution in [0.4, 0.5) is 10.1 Å². The first-order chi connectivity index (χ1) is 9.49. The maximum atomic E-state index is 14.0. The highest BCUT2D eigenvalue weighted by atomic mass is 19.1. The van der Waals surface area contributed by atoms with Crippen LogP contribution in [-0.2, 0) is 4.79 Å². The fourth-order valence-electron chi connectivity index (χ4n) is 2.32. The molecule has 0 saturated heterocycles. The number of anilines is 1. The number of carboxylic acids is 1. The van der Waals surface area contributed by atoms with Gasteiger partial charge in [0.25, 0.3) is 0 Å². The Morgan fingerprint density at radius 2 is 2.20 bits per heavy atom. The van der Waals surface area contributed by atoms with E-state index in [1.54, 1.807) is 6.07 Å². The van der Waals surface area contributed by atoms with Gasteiger partial charge < -0.3 is 10.0 Å². The van der Waals surface area contributed by atoms with E-state index in [1.165, 1.54) is 12.1 Å². The van der Waals surface area contributed by atoms with E-state index in [9.17, 15) is 9.18 Å². The van der Waals surface area contributed by atoms with Crippen molar-refractivity contribution >= 4 is 17.7 Å². The van der Waals surface area contributed by atoms with E-state index in [4.69, 9.17) is 5.11 Å². The third-order valence-electron chi connectivity index (χ3n) is 3.28. The highest BCUT2D eigenvalue weighted by molar-refractivity contribution is 5.87. The number of hydrogen-bond acceptors (Lipinski definition) is 2. The number of halogens is 1. The van der Waals surface area contributed by atoms with Crippen LogP contribution in [-0.4, -0.2) is 23.7 Å². The first-order valence-corrected chi connectivity index (χ1v) is 6.95. The number of rotatable bonds is 6. The standard InChI is InChI=1S/C16H20FNO2/c1-11(2)10-18(12-6-7-12)15-5-3-4-14(17)13(15)8-9-16(19)20/h3-5,8-9,11-12H,6-7,10H2,1-2H3,(H,19,20)/b9-8+. The number of nitrogens with zero attached hydrogens (tertiary/aromatic N) is 1. The van der Waals surface area contributed by atoms with E-state index in [1.807, 2.05) is 6.07 Å². The lowest BCUT2D eigenvalue weighted by Crippen LogP contribution is -2.30. The summed E-state index contributed by atoms with van der Waals surface area (Å²) in [5.41, 5.74) is 1.15. The Bertz CT molecular complexity index is 521. The van der Waals surface area contributed by atoms with Crippen LogP contribution in [0.15, 0.2) is 24.3 Å². The van der Waals surface area contributed by atoms with E-state index < -0.39 is 5.97 Å². The SMILES string of the molecule is CC(C)CN(c1cccc(F)c1/C=C/C(=O)O)C1CC1. The average molecular weight is 277 g/mol. The van der Waals surface area contributed by atoms with Gasteiger partial charge in [0.15, 0.2) is 0 Å². The molecule has 1 aromatic carbocycles. The smallest absolute Gasteiger partial charge is 0.328 e. The Kier molecular flexibility index (Phi) is 4.42. The van der Waals surface area contributed by atoms with Gasteiger partial charge in [0.2, 0.25) is 0 Å². The third kappa shape index (κ3) is 3.59. The molecule has 108 valence electrons. The minimum Gasteiger partial charge on any atom is -0.478 e. The number of benzene rings is 1. The van der Waals surface area contributed by atoms with E-state index in [-0.39, 0.29) is 5.82 Å². The summed E-state index contributed by atoms with van der Waals surface area (Å²) in [4.78, 5) is 12.9. The summed E-state index contributed by atoms with van der Waals surface area (Å²) in [6.45, 7) is 5.10. The van der Waals surface area contributed by atoms with Gasteiger partial charge in [-0.15, -0.1) is 0 Å². The number of carboxylic acid groups (broad SMARTS) is 1. The van der Waals surface area contributed by atoms with Gasteiger partial charge in [0, 0.05) is 29.9 Å². The van der Waals surface area contributed by atoms with Crippen LogP contribution in [0.25, 0.3) is 6.08 Å². The van der Waals surface area contributed by atoms with Crippen LogP contribution in [0.1, 0.15) is 32.3 Å². The molecule has 1 saturated carbocycles. The molecule has 0 atom stereocenters. The second-order valence-corrected chi connectivity index (χ2v) is 5.62. The third-order valence-corrected chi connectivity index (χ3v) is 3.28. The zero-order valence-electron chi connectivity index (χ0n) is 11.8. The first kappa shape index (κ1) is 14.6. The van der Waals surface area contributed by atoms with Crippen molar-refractivity contribution in [1.29, 1.82) is 0 Å². The van der Waals surface area contributed by atoms with Gasteiger partial charge in [-0.1, -0.05) is 19.9 Å². The quantitative estimate of drug-likeness (QED) is 0.808. The van der Waals surface area contributed by atoms with Gasteiger partial charge in [0.1, 0.15) is 5.82 Å². The number of aliphatic carboxylic acids is 1. The maximum Gasteiger partial charge on any atom is 0.328 e. The topological polar surface area (TPSA) is 40.5 Å². The van der Waals surface area contributed by atoms with Gasteiger partial charge >= 0.3 is 5.97 Å². The molecule has 3 nitrogen and oxygen atoms in total. The van der Waals surface area contributed by atoms with Crippen LogP contribution >= 0.6 is 0 Å². The normalized spacial score (nSPS) is 15.0. The summed E-state index contributed by atoms with van der Waals surface area (Å²) < 4.78 is 14.0. The van der Waals surface area contributed by atoms with Crippen molar-refractivity contribution < 1.29 is 14.3 Å². The van der Waals surface area contributed by atoms with Gasteiger partial charge in [-0.2, -0.15) is 0 Å². The lowest BCUT2D eigenvalue weighted by atomic mass is 10.1. The highest BCUT2D eigenvalue weighted by Gasteiger charge is 2.31. The van der Waals surface area contributed by atoms with Gasteiger partial charge in [0.05, 0.1) is 0 Å². The molecule has 0 heterocycles. The number of hydrogen-bond donors (Lipinski definition) is 1. The zero-order chi connectivity index (χ0) is 14.7. The van der Waals surface area contributed by atoms with Crippen molar-refractivity contribution in [3.63, 3.8) is 0 Å². The Morgan fingerprint density at radius 3 is 2.75 bits per heavy atom. The van der Waals surface area contributed by atoms with Crippen LogP contribution in [0.5, 0.6) is 0 Å². The second kappa shape index (κ2) is 6.07.